The van der Waals surface area contributed by atoms with Gasteiger partial charge in [-0.25, -0.2) is 0 Å². The highest BCUT2D eigenvalue weighted by atomic mass is 16.3. The number of aromatic nitrogens is 1. The zero-order valence-electron chi connectivity index (χ0n) is 16.6. The Kier molecular flexibility index (Phi) is 6.29. The number of likely N-dealkylation sites (N-methyl/N-ethyl adjacent to an activating group) is 1. The number of hydrogen-bond donors (Lipinski definition) is 2. The normalized spacial score (nSPS) is 18.6. The summed E-state index contributed by atoms with van der Waals surface area (Å²) >= 11 is 0. The van der Waals surface area contributed by atoms with E-state index in [2.05, 4.69) is 9.88 Å². The Hall–Kier alpha value is -3.19. The quantitative estimate of drug-likeness (QED) is 0.425. The molecule has 7 nitrogen and oxygen atoms in total. The second-order valence-corrected chi connectivity index (χ2v) is 6.85. The first-order valence-electron chi connectivity index (χ1n) is 9.68. The molecule has 152 valence electrons. The standard InChI is InChI=1S/C22H25N3O4/c1-3-24(4-2)13-14-25-19(15-5-7-17(26)8-6-15)18(21(28)22(25)29)20(27)16-9-11-23-12-10-16/h5-12,19,26-27H,3-4,13-14H2,1-2H3/b20-18-. The molecule has 1 atom stereocenters. The molecule has 0 aliphatic carbocycles. The maximum Gasteiger partial charge on any atom is 0.295 e. The minimum Gasteiger partial charge on any atom is -0.508 e. The Bertz CT molecular complexity index is 905. The highest BCUT2D eigenvalue weighted by Gasteiger charge is 2.45. The van der Waals surface area contributed by atoms with Crippen molar-refractivity contribution in [2.24, 2.45) is 0 Å². The lowest BCUT2D eigenvalue weighted by Crippen LogP contribution is -2.38. The molecular formula is C22H25N3O4. The van der Waals surface area contributed by atoms with Crippen LogP contribution in [0.2, 0.25) is 0 Å². The predicted octanol–water partition coefficient (Wildman–Crippen LogP) is 2.55. The molecule has 0 bridgehead atoms. The van der Waals surface area contributed by atoms with Gasteiger partial charge in [-0.1, -0.05) is 26.0 Å². The highest BCUT2D eigenvalue weighted by molar-refractivity contribution is 6.46. The molecule has 2 aromatic rings. The molecule has 1 aromatic heterocycles. The summed E-state index contributed by atoms with van der Waals surface area (Å²) < 4.78 is 0. The number of phenols is 1. The summed E-state index contributed by atoms with van der Waals surface area (Å²) in [6.07, 6.45) is 3.03. The summed E-state index contributed by atoms with van der Waals surface area (Å²) in [5.41, 5.74) is 1.12. The van der Waals surface area contributed by atoms with Crippen molar-refractivity contribution in [3.63, 3.8) is 0 Å². The lowest BCUT2D eigenvalue weighted by molar-refractivity contribution is -0.140. The number of ketones is 1. The van der Waals surface area contributed by atoms with E-state index in [4.69, 9.17) is 0 Å². The van der Waals surface area contributed by atoms with Gasteiger partial charge in [-0.15, -0.1) is 0 Å². The Labute approximate surface area is 169 Å². The SMILES string of the molecule is CCN(CC)CCN1C(=O)C(=O)/C(=C(\O)c2ccncc2)C1c1ccc(O)cc1. The first kappa shape index (κ1) is 20.5. The van der Waals surface area contributed by atoms with E-state index in [1.54, 1.807) is 24.3 Å². The van der Waals surface area contributed by atoms with Gasteiger partial charge < -0.3 is 20.0 Å². The fourth-order valence-electron chi connectivity index (χ4n) is 3.57. The lowest BCUT2D eigenvalue weighted by atomic mass is 9.95. The molecule has 29 heavy (non-hydrogen) atoms. The van der Waals surface area contributed by atoms with Gasteiger partial charge >= 0.3 is 0 Å². The summed E-state index contributed by atoms with van der Waals surface area (Å²) in [6, 6.07) is 8.79. The number of hydrogen-bond acceptors (Lipinski definition) is 6. The molecular weight excluding hydrogens is 370 g/mol. The van der Waals surface area contributed by atoms with E-state index in [0.717, 1.165) is 13.1 Å². The van der Waals surface area contributed by atoms with Gasteiger partial charge in [0, 0.05) is 31.0 Å². The number of benzene rings is 1. The van der Waals surface area contributed by atoms with Crippen molar-refractivity contribution in [1.29, 1.82) is 0 Å². The molecule has 1 aromatic carbocycles. The van der Waals surface area contributed by atoms with Gasteiger partial charge in [0.25, 0.3) is 11.7 Å². The number of Topliss-reactive ketones (excluding diaryl/α,β-unsaturated/α-hetero) is 1. The van der Waals surface area contributed by atoms with Crippen LogP contribution >= 0.6 is 0 Å². The van der Waals surface area contributed by atoms with Crippen LogP contribution in [0, 0.1) is 0 Å². The summed E-state index contributed by atoms with van der Waals surface area (Å²) in [4.78, 5) is 33.3. The number of amides is 1. The maximum atomic E-state index is 12.9. The van der Waals surface area contributed by atoms with Gasteiger partial charge in [0.2, 0.25) is 0 Å². The van der Waals surface area contributed by atoms with Crippen molar-refractivity contribution < 1.29 is 19.8 Å². The third-order valence-electron chi connectivity index (χ3n) is 5.25. The second-order valence-electron chi connectivity index (χ2n) is 6.85. The van der Waals surface area contributed by atoms with Crippen molar-refractivity contribution in [2.75, 3.05) is 26.2 Å². The highest BCUT2D eigenvalue weighted by Crippen LogP contribution is 2.39. The molecule has 0 radical (unpaired) electrons. The van der Waals surface area contributed by atoms with E-state index in [1.807, 2.05) is 13.8 Å². The molecule has 0 saturated carbocycles. The number of aliphatic hydroxyl groups excluding tert-OH is 1. The van der Waals surface area contributed by atoms with Gasteiger partial charge in [0.05, 0.1) is 11.6 Å². The van der Waals surface area contributed by atoms with Crippen LogP contribution in [0.4, 0.5) is 0 Å². The van der Waals surface area contributed by atoms with Crippen LogP contribution in [0.3, 0.4) is 0 Å². The first-order valence-corrected chi connectivity index (χ1v) is 9.68. The molecule has 1 saturated heterocycles. The monoisotopic (exact) mass is 395 g/mol. The summed E-state index contributed by atoms with van der Waals surface area (Å²) in [6.45, 7) is 6.72. The van der Waals surface area contributed by atoms with Crippen molar-refractivity contribution in [1.82, 2.24) is 14.8 Å². The van der Waals surface area contributed by atoms with E-state index >= 15 is 0 Å². The number of pyridine rings is 1. The summed E-state index contributed by atoms with van der Waals surface area (Å²) in [5, 5.41) is 20.5. The van der Waals surface area contributed by atoms with Crippen LogP contribution in [0.5, 0.6) is 5.75 Å². The summed E-state index contributed by atoms with van der Waals surface area (Å²) in [7, 11) is 0. The number of phenolic OH excluding ortho intramolecular Hbond substituents is 1. The van der Waals surface area contributed by atoms with Gasteiger partial charge in [0.1, 0.15) is 11.5 Å². The van der Waals surface area contributed by atoms with Crippen LogP contribution in [0.25, 0.3) is 5.76 Å². The molecule has 1 amide bonds. The van der Waals surface area contributed by atoms with Crippen LogP contribution in [-0.4, -0.2) is 62.9 Å². The second kappa shape index (κ2) is 8.87. The van der Waals surface area contributed by atoms with E-state index < -0.39 is 17.7 Å². The average molecular weight is 395 g/mol. The number of likely N-dealkylation sites (tertiary alicyclic amines) is 1. The predicted molar refractivity (Wildman–Crippen MR) is 109 cm³/mol. The van der Waals surface area contributed by atoms with Crippen molar-refractivity contribution in [3.05, 3.63) is 65.5 Å². The van der Waals surface area contributed by atoms with Crippen LogP contribution < -0.4 is 0 Å². The van der Waals surface area contributed by atoms with E-state index in [-0.39, 0.29) is 17.1 Å². The minimum atomic E-state index is -0.723. The fraction of sp³-hybridized carbons (Fsp3) is 0.318. The average Bonchev–Trinajstić information content (AvgIpc) is 3.00. The molecule has 0 spiro atoms. The van der Waals surface area contributed by atoms with E-state index in [9.17, 15) is 19.8 Å². The van der Waals surface area contributed by atoms with Crippen molar-refractivity contribution in [2.45, 2.75) is 19.9 Å². The fourth-order valence-corrected chi connectivity index (χ4v) is 3.57. The van der Waals surface area contributed by atoms with Gasteiger partial charge in [-0.05, 0) is 42.9 Å². The number of aromatic hydroxyl groups is 1. The maximum absolute atomic E-state index is 12.9. The number of carbonyl (C=O) groups is 2. The molecule has 1 aliphatic rings. The van der Waals surface area contributed by atoms with Gasteiger partial charge in [-0.3, -0.25) is 14.6 Å². The van der Waals surface area contributed by atoms with Crippen molar-refractivity contribution in [3.8, 4) is 5.75 Å². The molecule has 1 unspecified atom stereocenters. The molecule has 3 rings (SSSR count). The lowest BCUT2D eigenvalue weighted by Gasteiger charge is -2.28. The Morgan fingerprint density at radius 1 is 1.07 bits per heavy atom. The molecule has 1 aliphatic heterocycles. The zero-order chi connectivity index (χ0) is 21.0. The first-order chi connectivity index (χ1) is 14.0. The smallest absolute Gasteiger partial charge is 0.295 e. The zero-order valence-corrected chi connectivity index (χ0v) is 16.6. The largest absolute Gasteiger partial charge is 0.508 e. The Morgan fingerprint density at radius 2 is 1.69 bits per heavy atom. The third-order valence-corrected chi connectivity index (χ3v) is 5.25. The van der Waals surface area contributed by atoms with Gasteiger partial charge in [-0.2, -0.15) is 0 Å². The summed E-state index contributed by atoms with van der Waals surface area (Å²) in [5.74, 6) is -1.49. The number of carbonyl (C=O) groups excluding carboxylic acids is 2. The minimum absolute atomic E-state index is 0.0476. The third kappa shape index (κ3) is 4.14. The molecule has 1 fully saturated rings. The topological polar surface area (TPSA) is 94.0 Å². The Balaban J connectivity index is 2.07. The van der Waals surface area contributed by atoms with Crippen LogP contribution in [-0.2, 0) is 9.59 Å². The molecule has 2 N–H and O–H groups in total. The Morgan fingerprint density at radius 3 is 2.28 bits per heavy atom. The number of nitrogens with zero attached hydrogens (tertiary/aromatic N) is 3. The molecule has 7 heteroatoms. The van der Waals surface area contributed by atoms with Crippen LogP contribution in [0.15, 0.2) is 54.4 Å². The number of rotatable bonds is 7. The van der Waals surface area contributed by atoms with Gasteiger partial charge in [0.15, 0.2) is 0 Å². The van der Waals surface area contributed by atoms with E-state index in [0.29, 0.717) is 24.2 Å². The molecule has 2 heterocycles. The van der Waals surface area contributed by atoms with E-state index in [1.165, 1.54) is 29.4 Å². The van der Waals surface area contributed by atoms with Crippen molar-refractivity contribution >= 4 is 17.4 Å². The van der Waals surface area contributed by atoms with Crippen LogP contribution in [0.1, 0.15) is 31.0 Å². The number of aliphatic hydroxyl groups is 1.